The Morgan fingerprint density at radius 2 is 1.87 bits per heavy atom. The van der Waals surface area contributed by atoms with Crippen molar-refractivity contribution in [2.45, 2.75) is 45.6 Å². The second kappa shape index (κ2) is 9.43. The summed E-state index contributed by atoms with van der Waals surface area (Å²) in [6.07, 6.45) is 6.27. The first-order valence-electron chi connectivity index (χ1n) is 11.1. The van der Waals surface area contributed by atoms with Gasteiger partial charge in [-0.05, 0) is 87.9 Å². The maximum absolute atomic E-state index is 12.4. The summed E-state index contributed by atoms with van der Waals surface area (Å²) >= 11 is 0. The fourth-order valence-electron chi connectivity index (χ4n) is 4.35. The van der Waals surface area contributed by atoms with Crippen molar-refractivity contribution in [2.75, 3.05) is 19.6 Å². The van der Waals surface area contributed by atoms with E-state index in [9.17, 15) is 4.79 Å². The van der Waals surface area contributed by atoms with Gasteiger partial charge in [0.15, 0.2) is 0 Å². The van der Waals surface area contributed by atoms with E-state index in [1.54, 1.807) is 6.33 Å². The van der Waals surface area contributed by atoms with Gasteiger partial charge in [-0.15, -0.1) is 0 Å². The lowest BCUT2D eigenvalue weighted by molar-refractivity contribution is 0.0954. The fourth-order valence-corrected chi connectivity index (χ4v) is 4.35. The number of rotatable bonds is 7. The van der Waals surface area contributed by atoms with Crippen LogP contribution in [0.2, 0.25) is 0 Å². The molecule has 0 spiro atoms. The molecule has 3 aromatic rings. The molecule has 1 fully saturated rings. The first kappa shape index (κ1) is 20.6. The van der Waals surface area contributed by atoms with E-state index in [-0.39, 0.29) is 5.91 Å². The number of aromatic nitrogens is 2. The largest absolute Gasteiger partial charge is 0.352 e. The molecule has 1 aliphatic heterocycles. The number of hydrogen-bond acceptors (Lipinski definition) is 3. The maximum atomic E-state index is 12.4. The van der Waals surface area contributed by atoms with Crippen LogP contribution in [0.5, 0.6) is 0 Å². The fraction of sp³-hybridized carbons (Fsp3) is 0.440. The number of imidazole rings is 1. The predicted molar refractivity (Wildman–Crippen MR) is 122 cm³/mol. The number of benzene rings is 2. The summed E-state index contributed by atoms with van der Waals surface area (Å²) in [5.41, 5.74) is 5.10. The first-order valence-corrected chi connectivity index (χ1v) is 11.1. The number of hydrogen-bond donors (Lipinski definition) is 2. The molecule has 2 N–H and O–H groups in total. The van der Waals surface area contributed by atoms with E-state index < -0.39 is 0 Å². The van der Waals surface area contributed by atoms with Crippen LogP contribution >= 0.6 is 0 Å². The van der Waals surface area contributed by atoms with Crippen molar-refractivity contribution >= 4 is 16.9 Å². The second-order valence-electron chi connectivity index (χ2n) is 8.73. The standard InChI is InChI=1S/C25H32N4O/c1-18(2)29-13-10-21(11-14-29)15-20-5-3-19(4-6-20)9-12-26-25(30)22-7-8-23-24(16-22)28-17-27-23/h3-8,16-18,21H,9-15H2,1-2H3,(H,26,30)(H,27,28). The van der Waals surface area contributed by atoms with Crippen LogP contribution in [0.3, 0.4) is 0 Å². The van der Waals surface area contributed by atoms with Crippen molar-refractivity contribution in [1.29, 1.82) is 0 Å². The third-order valence-corrected chi connectivity index (χ3v) is 6.31. The number of nitrogens with one attached hydrogen (secondary N) is 2. The third kappa shape index (κ3) is 5.08. The average Bonchev–Trinajstić information content (AvgIpc) is 3.23. The monoisotopic (exact) mass is 404 g/mol. The summed E-state index contributed by atoms with van der Waals surface area (Å²) in [5, 5.41) is 3.02. The number of likely N-dealkylation sites (tertiary alicyclic amines) is 1. The topological polar surface area (TPSA) is 61.0 Å². The molecule has 0 unspecified atom stereocenters. The number of amides is 1. The number of H-pyrrole nitrogens is 1. The normalized spacial score (nSPS) is 15.7. The molecule has 1 aliphatic rings. The van der Waals surface area contributed by atoms with Crippen LogP contribution in [-0.2, 0) is 12.8 Å². The molecule has 5 heteroatoms. The molecule has 0 saturated carbocycles. The van der Waals surface area contributed by atoms with Gasteiger partial charge in [-0.3, -0.25) is 4.79 Å². The molecular formula is C25H32N4O. The Kier molecular flexibility index (Phi) is 6.48. The van der Waals surface area contributed by atoms with E-state index in [1.165, 1.54) is 43.5 Å². The maximum Gasteiger partial charge on any atom is 0.251 e. The molecule has 1 saturated heterocycles. The van der Waals surface area contributed by atoms with Gasteiger partial charge in [-0.1, -0.05) is 24.3 Å². The van der Waals surface area contributed by atoms with Crippen molar-refractivity contribution in [3.05, 3.63) is 65.5 Å². The van der Waals surface area contributed by atoms with Crippen molar-refractivity contribution in [1.82, 2.24) is 20.2 Å². The molecule has 30 heavy (non-hydrogen) atoms. The molecule has 0 bridgehead atoms. The lowest BCUT2D eigenvalue weighted by Crippen LogP contribution is -2.38. The molecule has 1 aromatic heterocycles. The minimum absolute atomic E-state index is 0.0455. The lowest BCUT2D eigenvalue weighted by Gasteiger charge is -2.34. The molecule has 2 heterocycles. The van der Waals surface area contributed by atoms with Gasteiger partial charge in [0.05, 0.1) is 17.4 Å². The highest BCUT2D eigenvalue weighted by molar-refractivity contribution is 5.97. The lowest BCUT2D eigenvalue weighted by atomic mass is 9.89. The van der Waals surface area contributed by atoms with Crippen LogP contribution in [0.4, 0.5) is 0 Å². The molecule has 4 rings (SSSR count). The summed E-state index contributed by atoms with van der Waals surface area (Å²) < 4.78 is 0. The van der Waals surface area contributed by atoms with E-state index in [4.69, 9.17) is 0 Å². The highest BCUT2D eigenvalue weighted by Crippen LogP contribution is 2.23. The van der Waals surface area contributed by atoms with Crippen molar-refractivity contribution in [3.8, 4) is 0 Å². The average molecular weight is 405 g/mol. The highest BCUT2D eigenvalue weighted by Gasteiger charge is 2.20. The summed E-state index contributed by atoms with van der Waals surface area (Å²) in [5.74, 6) is 0.758. The van der Waals surface area contributed by atoms with Crippen molar-refractivity contribution < 1.29 is 4.79 Å². The van der Waals surface area contributed by atoms with Gasteiger partial charge in [0.25, 0.3) is 5.91 Å². The Balaban J connectivity index is 1.22. The molecule has 5 nitrogen and oxygen atoms in total. The number of carbonyl (C=O) groups excluding carboxylic acids is 1. The molecule has 2 aromatic carbocycles. The Morgan fingerprint density at radius 1 is 1.13 bits per heavy atom. The van der Waals surface area contributed by atoms with Crippen LogP contribution in [-0.4, -0.2) is 46.5 Å². The van der Waals surface area contributed by atoms with Gasteiger partial charge in [-0.25, -0.2) is 4.98 Å². The Bertz CT molecular complexity index is 968. The smallest absolute Gasteiger partial charge is 0.251 e. The van der Waals surface area contributed by atoms with E-state index >= 15 is 0 Å². The number of carbonyl (C=O) groups is 1. The Labute approximate surface area is 178 Å². The Morgan fingerprint density at radius 3 is 2.60 bits per heavy atom. The second-order valence-corrected chi connectivity index (χ2v) is 8.73. The highest BCUT2D eigenvalue weighted by atomic mass is 16.1. The van der Waals surface area contributed by atoms with Crippen LogP contribution < -0.4 is 5.32 Å². The predicted octanol–water partition coefficient (Wildman–Crippen LogP) is 4.20. The molecule has 0 aliphatic carbocycles. The first-order chi connectivity index (χ1) is 14.6. The summed E-state index contributed by atoms with van der Waals surface area (Å²) in [4.78, 5) is 22.2. The van der Waals surface area contributed by atoms with Gasteiger partial charge >= 0.3 is 0 Å². The zero-order valence-electron chi connectivity index (χ0n) is 18.0. The van der Waals surface area contributed by atoms with Gasteiger partial charge < -0.3 is 15.2 Å². The summed E-state index contributed by atoms with van der Waals surface area (Å²) in [6, 6.07) is 15.1. The van der Waals surface area contributed by atoms with E-state index in [0.717, 1.165) is 23.4 Å². The molecular weight excluding hydrogens is 372 g/mol. The summed E-state index contributed by atoms with van der Waals surface area (Å²) in [6.45, 7) is 7.67. The van der Waals surface area contributed by atoms with E-state index in [1.807, 2.05) is 18.2 Å². The molecule has 1 amide bonds. The van der Waals surface area contributed by atoms with Gasteiger partial charge in [0.1, 0.15) is 0 Å². The van der Waals surface area contributed by atoms with E-state index in [2.05, 4.69) is 58.3 Å². The van der Waals surface area contributed by atoms with E-state index in [0.29, 0.717) is 18.2 Å². The molecule has 0 atom stereocenters. The SMILES string of the molecule is CC(C)N1CCC(Cc2ccc(CCNC(=O)c3ccc4nc[nH]c4c3)cc2)CC1. The minimum atomic E-state index is -0.0455. The Hall–Kier alpha value is -2.66. The van der Waals surface area contributed by atoms with Crippen LogP contribution in [0.1, 0.15) is 48.2 Å². The number of nitrogens with zero attached hydrogens (tertiary/aromatic N) is 2. The van der Waals surface area contributed by atoms with Gasteiger partial charge in [0.2, 0.25) is 0 Å². The van der Waals surface area contributed by atoms with Crippen molar-refractivity contribution in [3.63, 3.8) is 0 Å². The summed E-state index contributed by atoms with van der Waals surface area (Å²) in [7, 11) is 0. The van der Waals surface area contributed by atoms with Gasteiger partial charge in [-0.2, -0.15) is 0 Å². The third-order valence-electron chi connectivity index (χ3n) is 6.31. The van der Waals surface area contributed by atoms with Crippen molar-refractivity contribution in [2.24, 2.45) is 5.92 Å². The molecule has 158 valence electrons. The van der Waals surface area contributed by atoms with Crippen LogP contribution in [0, 0.1) is 5.92 Å². The quantitative estimate of drug-likeness (QED) is 0.620. The van der Waals surface area contributed by atoms with Gasteiger partial charge in [0, 0.05) is 18.2 Å². The zero-order valence-corrected chi connectivity index (χ0v) is 18.0. The van der Waals surface area contributed by atoms with Crippen LogP contribution in [0.25, 0.3) is 11.0 Å². The minimum Gasteiger partial charge on any atom is -0.352 e. The number of aromatic amines is 1. The number of fused-ring (bicyclic) bond motifs is 1. The number of piperidine rings is 1. The zero-order chi connectivity index (χ0) is 20.9. The van der Waals surface area contributed by atoms with Crippen LogP contribution in [0.15, 0.2) is 48.8 Å². The molecule has 0 radical (unpaired) electrons.